The number of para-hydroxylation sites is 2. The molecule has 0 unspecified atom stereocenters. The zero-order chi connectivity index (χ0) is 33.5. The third-order valence-corrected chi connectivity index (χ3v) is 11.3. The van der Waals surface area contributed by atoms with E-state index in [1.54, 1.807) is 0 Å². The van der Waals surface area contributed by atoms with Crippen LogP contribution < -0.4 is 0 Å². The number of aromatic nitrogens is 4. The topological polar surface area (TPSA) is 35.6 Å². The molecule has 0 N–H and O–H groups in total. The summed E-state index contributed by atoms with van der Waals surface area (Å²) in [4.78, 5) is 10.6. The van der Waals surface area contributed by atoms with Crippen molar-refractivity contribution >= 4 is 75.1 Å². The van der Waals surface area contributed by atoms with Crippen molar-refractivity contribution in [3.63, 3.8) is 0 Å². The molecular weight excluding hydrogens is 641 g/mol. The predicted molar refractivity (Wildman–Crippen MR) is 214 cm³/mol. The summed E-state index contributed by atoms with van der Waals surface area (Å²) in [6, 6.07) is 60.4. The third-order valence-electron chi connectivity index (χ3n) is 10.1. The molecule has 0 amide bonds. The first-order valence-electron chi connectivity index (χ1n) is 17.2. The molecule has 0 aliphatic carbocycles. The van der Waals surface area contributed by atoms with Crippen LogP contribution in [0.3, 0.4) is 0 Å². The molecule has 51 heavy (non-hydrogen) atoms. The van der Waals surface area contributed by atoms with E-state index in [4.69, 9.17) is 9.97 Å². The molecule has 0 fully saturated rings. The molecule has 7 aromatic carbocycles. The van der Waals surface area contributed by atoms with Crippen LogP contribution in [0.1, 0.15) is 0 Å². The Labute approximate surface area is 297 Å². The normalized spacial score (nSPS) is 11.9. The largest absolute Gasteiger partial charge is 0.309 e. The van der Waals surface area contributed by atoms with Gasteiger partial charge >= 0.3 is 0 Å². The molecule has 5 heteroatoms. The maximum Gasteiger partial charge on any atom is 0.235 e. The Morgan fingerprint density at radius 2 is 1.00 bits per heavy atom. The minimum absolute atomic E-state index is 0.648. The highest BCUT2D eigenvalue weighted by molar-refractivity contribution is 7.26. The third kappa shape index (κ3) is 4.25. The van der Waals surface area contributed by atoms with Crippen LogP contribution in [0.5, 0.6) is 0 Å². The van der Waals surface area contributed by atoms with Crippen molar-refractivity contribution in [2.24, 2.45) is 0 Å². The molecular formula is C46H28N4S. The minimum atomic E-state index is 0.648. The second-order valence-corrected chi connectivity index (χ2v) is 14.1. The maximum atomic E-state index is 5.29. The van der Waals surface area contributed by atoms with E-state index in [1.807, 2.05) is 23.5 Å². The summed E-state index contributed by atoms with van der Waals surface area (Å²) >= 11 is 1.89. The molecule has 0 spiro atoms. The number of hydrogen-bond acceptors (Lipinski definition) is 3. The first-order chi connectivity index (χ1) is 25.3. The lowest BCUT2D eigenvalue weighted by molar-refractivity contribution is 0.995. The van der Waals surface area contributed by atoms with Crippen molar-refractivity contribution in [3.05, 3.63) is 170 Å². The van der Waals surface area contributed by atoms with E-state index in [0.717, 1.165) is 44.8 Å². The van der Waals surface area contributed by atoms with Crippen molar-refractivity contribution in [1.82, 2.24) is 19.1 Å². The molecule has 11 aromatic rings. The van der Waals surface area contributed by atoms with Crippen molar-refractivity contribution in [1.29, 1.82) is 0 Å². The fraction of sp³-hybridized carbons (Fsp3) is 0. The van der Waals surface area contributed by atoms with Gasteiger partial charge in [0.1, 0.15) is 0 Å². The van der Waals surface area contributed by atoms with E-state index in [2.05, 4.69) is 167 Å². The smallest absolute Gasteiger partial charge is 0.235 e. The molecule has 238 valence electrons. The zero-order valence-electron chi connectivity index (χ0n) is 27.4. The lowest BCUT2D eigenvalue weighted by Crippen LogP contribution is -2.04. The highest BCUT2D eigenvalue weighted by Crippen LogP contribution is 2.45. The Hall–Kier alpha value is -6.56. The number of nitrogens with zero attached hydrogens (tertiary/aromatic N) is 4. The van der Waals surface area contributed by atoms with Crippen LogP contribution in [0.2, 0.25) is 0 Å². The molecule has 0 saturated carbocycles. The predicted octanol–water partition coefficient (Wildman–Crippen LogP) is 12.4. The molecule has 0 atom stereocenters. The van der Waals surface area contributed by atoms with Gasteiger partial charge in [-0.05, 0) is 48.5 Å². The van der Waals surface area contributed by atoms with Crippen LogP contribution in [0.25, 0.3) is 97.9 Å². The second kappa shape index (κ2) is 11.0. The van der Waals surface area contributed by atoms with Gasteiger partial charge in [0.15, 0.2) is 0 Å². The Morgan fingerprint density at radius 1 is 0.392 bits per heavy atom. The Balaban J connectivity index is 1.29. The van der Waals surface area contributed by atoms with E-state index in [0.29, 0.717) is 5.95 Å². The molecule has 4 aromatic heterocycles. The summed E-state index contributed by atoms with van der Waals surface area (Å²) in [5.41, 5.74) is 9.51. The van der Waals surface area contributed by atoms with Gasteiger partial charge in [0.05, 0.1) is 33.5 Å². The first kappa shape index (κ1) is 28.3. The fourth-order valence-corrected chi connectivity index (χ4v) is 9.12. The summed E-state index contributed by atoms with van der Waals surface area (Å²) < 4.78 is 7.31. The number of benzene rings is 7. The van der Waals surface area contributed by atoms with Crippen LogP contribution >= 0.6 is 11.3 Å². The van der Waals surface area contributed by atoms with E-state index in [9.17, 15) is 0 Å². The number of hydrogen-bond donors (Lipinski definition) is 0. The first-order valence-corrected chi connectivity index (χ1v) is 18.0. The van der Waals surface area contributed by atoms with Crippen molar-refractivity contribution < 1.29 is 0 Å². The van der Waals surface area contributed by atoms with Gasteiger partial charge in [-0.25, -0.2) is 9.97 Å². The van der Waals surface area contributed by atoms with Gasteiger partial charge in [0.2, 0.25) is 5.95 Å². The number of rotatable bonds is 4. The highest BCUT2D eigenvalue weighted by atomic mass is 32.1. The maximum absolute atomic E-state index is 5.29. The van der Waals surface area contributed by atoms with Crippen LogP contribution in [-0.4, -0.2) is 19.1 Å². The van der Waals surface area contributed by atoms with Gasteiger partial charge in [-0.1, -0.05) is 121 Å². The van der Waals surface area contributed by atoms with Crippen molar-refractivity contribution in [2.75, 3.05) is 0 Å². The number of thiophene rings is 1. The van der Waals surface area contributed by atoms with Gasteiger partial charge in [-0.3, -0.25) is 4.57 Å². The van der Waals surface area contributed by atoms with E-state index in [-0.39, 0.29) is 0 Å². The van der Waals surface area contributed by atoms with Crippen molar-refractivity contribution in [3.8, 4) is 34.2 Å². The standard InChI is InChI=1S/C46H28N4S/c1-4-14-29(15-5-1)37-27-38(30-16-6-2-7-17-30)48-46(47-37)50-39-22-12-10-20-32(39)35-26-36-42(28-41(35)50)49(31-18-8-3-9-19-31)40-25-24-34-33-21-11-13-23-43(33)51-45(34)44(36)40/h1-28H. The van der Waals surface area contributed by atoms with Gasteiger partial charge in [0, 0.05) is 58.5 Å². The van der Waals surface area contributed by atoms with Gasteiger partial charge < -0.3 is 4.57 Å². The van der Waals surface area contributed by atoms with Crippen LogP contribution in [0.15, 0.2) is 170 Å². The Kier molecular flexibility index (Phi) is 6.09. The molecule has 0 aliphatic heterocycles. The van der Waals surface area contributed by atoms with Crippen molar-refractivity contribution in [2.45, 2.75) is 0 Å². The Morgan fingerprint density at radius 3 is 1.73 bits per heavy atom. The summed E-state index contributed by atoms with van der Waals surface area (Å²) in [5.74, 6) is 0.648. The van der Waals surface area contributed by atoms with E-state index >= 15 is 0 Å². The molecule has 4 heterocycles. The van der Waals surface area contributed by atoms with Crippen LogP contribution in [0, 0.1) is 0 Å². The summed E-state index contributed by atoms with van der Waals surface area (Å²) in [6.45, 7) is 0. The van der Waals surface area contributed by atoms with Crippen LogP contribution in [-0.2, 0) is 0 Å². The second-order valence-electron chi connectivity index (χ2n) is 13.0. The average Bonchev–Trinajstić information content (AvgIpc) is 3.85. The lowest BCUT2D eigenvalue weighted by Gasteiger charge is -2.12. The Bertz CT molecular complexity index is 3060. The minimum Gasteiger partial charge on any atom is -0.309 e. The van der Waals surface area contributed by atoms with E-state index in [1.165, 1.54) is 47.2 Å². The summed E-state index contributed by atoms with van der Waals surface area (Å²) in [6.07, 6.45) is 0. The van der Waals surface area contributed by atoms with Crippen LogP contribution in [0.4, 0.5) is 0 Å². The molecule has 0 radical (unpaired) electrons. The van der Waals surface area contributed by atoms with Gasteiger partial charge in [-0.2, -0.15) is 0 Å². The molecule has 0 bridgehead atoms. The molecule has 0 aliphatic rings. The molecule has 0 saturated heterocycles. The SMILES string of the molecule is c1ccc(-c2cc(-c3ccccc3)nc(-n3c4ccccc4c4cc5c6c7sc8ccccc8c7ccc6n(-c6ccccc6)c5cc43)n2)cc1. The zero-order valence-corrected chi connectivity index (χ0v) is 28.2. The van der Waals surface area contributed by atoms with Gasteiger partial charge in [0.25, 0.3) is 0 Å². The summed E-state index contributed by atoms with van der Waals surface area (Å²) in [5, 5.41) is 7.50. The van der Waals surface area contributed by atoms with E-state index < -0.39 is 0 Å². The lowest BCUT2D eigenvalue weighted by atomic mass is 10.1. The molecule has 11 rings (SSSR count). The fourth-order valence-electron chi connectivity index (χ4n) is 7.86. The number of fused-ring (bicyclic) bond motifs is 10. The average molecular weight is 669 g/mol. The molecule has 4 nitrogen and oxygen atoms in total. The monoisotopic (exact) mass is 668 g/mol. The summed E-state index contributed by atoms with van der Waals surface area (Å²) in [7, 11) is 0. The highest BCUT2D eigenvalue weighted by Gasteiger charge is 2.22. The quantitative estimate of drug-likeness (QED) is 0.187. The van der Waals surface area contributed by atoms with Gasteiger partial charge in [-0.15, -0.1) is 11.3 Å².